The van der Waals surface area contributed by atoms with E-state index in [9.17, 15) is 4.79 Å². The molecule has 2 aromatic rings. The van der Waals surface area contributed by atoms with E-state index in [1.54, 1.807) is 24.3 Å². The minimum absolute atomic E-state index is 0.302. The van der Waals surface area contributed by atoms with E-state index < -0.39 is 0 Å². The smallest absolute Gasteiger partial charge is 0.258 e. The Balaban J connectivity index is 1.80. The van der Waals surface area contributed by atoms with Crippen LogP contribution in [0.15, 0.2) is 54.6 Å². The molecule has 0 aromatic heterocycles. The molecule has 5 heteroatoms. The lowest BCUT2D eigenvalue weighted by Crippen LogP contribution is -2.40. The van der Waals surface area contributed by atoms with Gasteiger partial charge in [-0.3, -0.25) is 10.1 Å². The predicted octanol–water partition coefficient (Wildman–Crippen LogP) is 3.19. The van der Waals surface area contributed by atoms with E-state index in [1.165, 1.54) is 5.56 Å². The molecule has 108 valence electrons. The number of rotatable bonds is 4. The number of nitrogens with one attached hydrogen (secondary N) is 2. The standard InChI is InChI=1S/C16H15ClN2OS/c17-14-9-5-4-8-13(14)15(20)19-16(21)18-11-10-12-6-2-1-3-7-12/h1-9H,10-11H2,(H2,18,19,20,21). The Hall–Kier alpha value is -1.91. The van der Waals surface area contributed by atoms with Crippen molar-refractivity contribution in [1.29, 1.82) is 0 Å². The van der Waals surface area contributed by atoms with Gasteiger partial charge < -0.3 is 5.32 Å². The minimum atomic E-state index is -0.308. The summed E-state index contributed by atoms with van der Waals surface area (Å²) < 4.78 is 0. The predicted molar refractivity (Wildman–Crippen MR) is 89.7 cm³/mol. The van der Waals surface area contributed by atoms with Gasteiger partial charge in [0.25, 0.3) is 5.91 Å². The Labute approximate surface area is 134 Å². The summed E-state index contributed by atoms with van der Waals surface area (Å²) in [6, 6.07) is 16.9. The van der Waals surface area contributed by atoms with Gasteiger partial charge in [-0.25, -0.2) is 0 Å². The van der Waals surface area contributed by atoms with Crippen molar-refractivity contribution in [2.24, 2.45) is 0 Å². The van der Waals surface area contributed by atoms with Crippen molar-refractivity contribution in [2.75, 3.05) is 6.54 Å². The average molecular weight is 319 g/mol. The molecule has 2 N–H and O–H groups in total. The maximum atomic E-state index is 12.0. The highest BCUT2D eigenvalue weighted by molar-refractivity contribution is 7.80. The van der Waals surface area contributed by atoms with Crippen molar-refractivity contribution < 1.29 is 4.79 Å². The van der Waals surface area contributed by atoms with E-state index in [-0.39, 0.29) is 5.91 Å². The second kappa shape index (κ2) is 7.76. The van der Waals surface area contributed by atoms with E-state index in [1.807, 2.05) is 30.3 Å². The van der Waals surface area contributed by atoms with Gasteiger partial charge in [0.05, 0.1) is 10.6 Å². The van der Waals surface area contributed by atoms with Gasteiger partial charge >= 0.3 is 0 Å². The Bertz CT molecular complexity index is 631. The highest BCUT2D eigenvalue weighted by atomic mass is 35.5. The molecule has 2 rings (SSSR count). The summed E-state index contributed by atoms with van der Waals surface area (Å²) in [5.74, 6) is -0.308. The zero-order chi connectivity index (χ0) is 15.1. The van der Waals surface area contributed by atoms with Crippen molar-refractivity contribution in [3.05, 3.63) is 70.7 Å². The Kier molecular flexibility index (Phi) is 5.72. The molecule has 0 bridgehead atoms. The average Bonchev–Trinajstić information content (AvgIpc) is 2.48. The fourth-order valence-corrected chi connectivity index (χ4v) is 2.24. The molecule has 0 radical (unpaired) electrons. The number of amides is 1. The molecule has 0 unspecified atom stereocenters. The van der Waals surface area contributed by atoms with E-state index in [4.69, 9.17) is 23.8 Å². The molecule has 0 spiro atoms. The van der Waals surface area contributed by atoms with Crippen LogP contribution in [0, 0.1) is 0 Å². The normalized spacial score (nSPS) is 9.95. The summed E-state index contributed by atoms with van der Waals surface area (Å²) in [5.41, 5.74) is 1.62. The van der Waals surface area contributed by atoms with Gasteiger partial charge in [0.15, 0.2) is 5.11 Å². The molecule has 0 aliphatic rings. The van der Waals surface area contributed by atoms with Gasteiger partial charge in [-0.2, -0.15) is 0 Å². The Morgan fingerprint density at radius 3 is 2.43 bits per heavy atom. The van der Waals surface area contributed by atoms with Crippen LogP contribution in [0.5, 0.6) is 0 Å². The maximum absolute atomic E-state index is 12.0. The molecule has 0 aliphatic heterocycles. The molecule has 0 saturated heterocycles. The summed E-state index contributed by atoms with van der Waals surface area (Å²) in [5, 5.41) is 6.33. The first kappa shape index (κ1) is 15.5. The fraction of sp³-hybridized carbons (Fsp3) is 0.125. The molecule has 3 nitrogen and oxygen atoms in total. The lowest BCUT2D eigenvalue weighted by molar-refractivity contribution is 0.0977. The van der Waals surface area contributed by atoms with Gasteiger partial charge in [-0.1, -0.05) is 54.1 Å². The second-order valence-corrected chi connectivity index (χ2v) is 5.24. The third-order valence-corrected chi connectivity index (χ3v) is 3.46. The minimum Gasteiger partial charge on any atom is -0.362 e. The number of halogens is 1. The Morgan fingerprint density at radius 1 is 1.05 bits per heavy atom. The largest absolute Gasteiger partial charge is 0.362 e. The maximum Gasteiger partial charge on any atom is 0.258 e. The summed E-state index contributed by atoms with van der Waals surface area (Å²) in [4.78, 5) is 12.0. The number of carbonyl (C=O) groups excluding carboxylic acids is 1. The van der Waals surface area contributed by atoms with Crippen LogP contribution in [0.2, 0.25) is 5.02 Å². The molecule has 0 saturated carbocycles. The van der Waals surface area contributed by atoms with E-state index >= 15 is 0 Å². The highest BCUT2D eigenvalue weighted by Gasteiger charge is 2.10. The molecule has 0 fully saturated rings. The van der Waals surface area contributed by atoms with Crippen LogP contribution in [-0.2, 0) is 6.42 Å². The number of benzene rings is 2. The lowest BCUT2D eigenvalue weighted by Gasteiger charge is -2.10. The summed E-state index contributed by atoms with van der Waals surface area (Å²) in [6.07, 6.45) is 0.836. The quantitative estimate of drug-likeness (QED) is 0.851. The number of carbonyl (C=O) groups is 1. The third kappa shape index (κ3) is 4.85. The number of hydrogen-bond acceptors (Lipinski definition) is 2. The van der Waals surface area contributed by atoms with Crippen LogP contribution in [0.1, 0.15) is 15.9 Å². The van der Waals surface area contributed by atoms with Gasteiger partial charge in [-0.05, 0) is 36.3 Å². The lowest BCUT2D eigenvalue weighted by atomic mass is 10.1. The summed E-state index contributed by atoms with van der Waals surface area (Å²) in [7, 11) is 0. The van der Waals surface area contributed by atoms with Crippen molar-refractivity contribution in [1.82, 2.24) is 10.6 Å². The van der Waals surface area contributed by atoms with E-state index in [0.717, 1.165) is 6.42 Å². The van der Waals surface area contributed by atoms with Gasteiger partial charge in [0.1, 0.15) is 0 Å². The highest BCUT2D eigenvalue weighted by Crippen LogP contribution is 2.14. The van der Waals surface area contributed by atoms with Gasteiger partial charge in [-0.15, -0.1) is 0 Å². The third-order valence-electron chi connectivity index (χ3n) is 2.89. The van der Waals surface area contributed by atoms with Crippen molar-refractivity contribution in [3.63, 3.8) is 0 Å². The topological polar surface area (TPSA) is 41.1 Å². The second-order valence-electron chi connectivity index (χ2n) is 4.43. The fourth-order valence-electron chi connectivity index (χ4n) is 1.83. The van der Waals surface area contributed by atoms with Crippen LogP contribution in [0.25, 0.3) is 0 Å². The van der Waals surface area contributed by atoms with Crippen LogP contribution in [0.3, 0.4) is 0 Å². The Morgan fingerprint density at radius 2 is 1.71 bits per heavy atom. The van der Waals surface area contributed by atoms with Gasteiger partial charge in [0, 0.05) is 6.54 Å². The van der Waals surface area contributed by atoms with E-state index in [2.05, 4.69) is 10.6 Å². The van der Waals surface area contributed by atoms with Crippen LogP contribution >= 0.6 is 23.8 Å². The number of hydrogen-bond donors (Lipinski definition) is 2. The monoisotopic (exact) mass is 318 g/mol. The molecule has 2 aromatic carbocycles. The van der Waals surface area contributed by atoms with Gasteiger partial charge in [0.2, 0.25) is 0 Å². The molecular formula is C16H15ClN2OS. The zero-order valence-corrected chi connectivity index (χ0v) is 12.9. The first-order chi connectivity index (χ1) is 10.2. The first-order valence-electron chi connectivity index (χ1n) is 6.54. The number of thiocarbonyl (C=S) groups is 1. The molecule has 0 aliphatic carbocycles. The molecule has 0 atom stereocenters. The zero-order valence-electron chi connectivity index (χ0n) is 11.3. The molecular weight excluding hydrogens is 304 g/mol. The van der Waals surface area contributed by atoms with Crippen LogP contribution in [-0.4, -0.2) is 17.6 Å². The van der Waals surface area contributed by atoms with Crippen LogP contribution < -0.4 is 10.6 Å². The molecule has 21 heavy (non-hydrogen) atoms. The van der Waals surface area contributed by atoms with Crippen molar-refractivity contribution in [2.45, 2.75) is 6.42 Å². The molecule has 1 amide bonds. The molecule has 0 heterocycles. The van der Waals surface area contributed by atoms with Crippen molar-refractivity contribution in [3.8, 4) is 0 Å². The van der Waals surface area contributed by atoms with Crippen LogP contribution in [0.4, 0.5) is 0 Å². The SMILES string of the molecule is O=C(NC(=S)NCCc1ccccc1)c1ccccc1Cl. The summed E-state index contributed by atoms with van der Waals surface area (Å²) in [6.45, 7) is 0.658. The summed E-state index contributed by atoms with van der Waals surface area (Å²) >= 11 is 11.1. The van der Waals surface area contributed by atoms with E-state index in [0.29, 0.717) is 22.2 Å². The van der Waals surface area contributed by atoms with Crippen molar-refractivity contribution >= 4 is 34.8 Å². The first-order valence-corrected chi connectivity index (χ1v) is 7.33.